The highest BCUT2D eigenvalue weighted by atomic mass is 35.5. The van der Waals surface area contributed by atoms with E-state index in [0.717, 1.165) is 19.3 Å². The van der Waals surface area contributed by atoms with Crippen molar-refractivity contribution in [2.45, 2.75) is 38.6 Å². The third-order valence-corrected chi connectivity index (χ3v) is 4.78. The number of hydrogen-bond donors (Lipinski definition) is 1. The summed E-state index contributed by atoms with van der Waals surface area (Å²) in [5.41, 5.74) is 0.160. The number of amides is 1. The van der Waals surface area contributed by atoms with Crippen LogP contribution in [0.2, 0.25) is 10.0 Å². The van der Waals surface area contributed by atoms with Crippen LogP contribution in [0.15, 0.2) is 18.2 Å². The van der Waals surface area contributed by atoms with Crippen LogP contribution in [0.5, 0.6) is 0 Å². The highest BCUT2D eigenvalue weighted by Crippen LogP contribution is 2.26. The molecule has 4 nitrogen and oxygen atoms in total. The van der Waals surface area contributed by atoms with Crippen LogP contribution in [0.1, 0.15) is 43.0 Å². The second-order valence-electron chi connectivity index (χ2n) is 5.61. The molecule has 2 rings (SSSR count). The Hall–Kier alpha value is -1.26. The molecule has 0 bridgehead atoms. The number of carbonyl (C=O) groups excluding carboxylic acids is 2. The molecule has 0 radical (unpaired) electrons. The first-order valence-electron chi connectivity index (χ1n) is 7.39. The first-order valence-corrected chi connectivity index (χ1v) is 8.15. The molecule has 0 heterocycles. The molecular formula is C16H19Cl2NO3. The third-order valence-electron chi connectivity index (χ3n) is 3.96. The summed E-state index contributed by atoms with van der Waals surface area (Å²) in [4.78, 5) is 23.8. The van der Waals surface area contributed by atoms with Crippen LogP contribution in [0.25, 0.3) is 0 Å². The van der Waals surface area contributed by atoms with Gasteiger partial charge in [0.25, 0.3) is 5.91 Å². The van der Waals surface area contributed by atoms with Gasteiger partial charge < -0.3 is 10.1 Å². The number of benzene rings is 1. The molecule has 0 spiro atoms. The van der Waals surface area contributed by atoms with Crippen molar-refractivity contribution in [1.29, 1.82) is 0 Å². The predicted molar refractivity (Wildman–Crippen MR) is 86.3 cm³/mol. The molecule has 6 heteroatoms. The van der Waals surface area contributed by atoms with Crippen LogP contribution in [0.3, 0.4) is 0 Å². The van der Waals surface area contributed by atoms with Crippen molar-refractivity contribution in [2.24, 2.45) is 5.92 Å². The van der Waals surface area contributed by atoms with E-state index in [2.05, 4.69) is 12.2 Å². The van der Waals surface area contributed by atoms with Gasteiger partial charge in [-0.25, -0.2) is 4.79 Å². The van der Waals surface area contributed by atoms with Crippen LogP contribution in [0.4, 0.5) is 0 Å². The molecule has 1 aromatic rings. The Morgan fingerprint density at radius 3 is 2.73 bits per heavy atom. The molecule has 1 aromatic carbocycles. The summed E-state index contributed by atoms with van der Waals surface area (Å²) in [6.07, 6.45) is 4.41. The van der Waals surface area contributed by atoms with Crippen molar-refractivity contribution in [2.75, 3.05) is 6.61 Å². The zero-order valence-electron chi connectivity index (χ0n) is 12.4. The van der Waals surface area contributed by atoms with E-state index < -0.39 is 5.97 Å². The number of ether oxygens (including phenoxy) is 1. The molecule has 2 atom stereocenters. The van der Waals surface area contributed by atoms with Gasteiger partial charge in [-0.15, -0.1) is 0 Å². The highest BCUT2D eigenvalue weighted by molar-refractivity contribution is 6.43. The highest BCUT2D eigenvalue weighted by Gasteiger charge is 2.23. The Kier molecular flexibility index (Phi) is 6.09. The van der Waals surface area contributed by atoms with Crippen LogP contribution < -0.4 is 5.32 Å². The lowest BCUT2D eigenvalue weighted by molar-refractivity contribution is -0.125. The Morgan fingerprint density at radius 1 is 1.27 bits per heavy atom. The van der Waals surface area contributed by atoms with Crippen molar-refractivity contribution in [1.82, 2.24) is 5.32 Å². The van der Waals surface area contributed by atoms with Crippen molar-refractivity contribution >= 4 is 35.1 Å². The molecular weight excluding hydrogens is 325 g/mol. The number of halogens is 2. The zero-order chi connectivity index (χ0) is 16.1. The normalized spacial score (nSPS) is 21.2. The van der Waals surface area contributed by atoms with Gasteiger partial charge in [0.1, 0.15) is 0 Å². The minimum absolute atomic E-state index is 0.135. The van der Waals surface area contributed by atoms with E-state index in [9.17, 15) is 9.59 Å². The molecule has 1 amide bonds. The fourth-order valence-corrected chi connectivity index (χ4v) is 3.03. The number of hydrogen-bond acceptors (Lipinski definition) is 3. The third kappa shape index (κ3) is 4.37. The summed E-state index contributed by atoms with van der Waals surface area (Å²) in [6.45, 7) is 1.81. The SMILES string of the molecule is CC1CCCCC1NC(=O)COC(=O)c1cccc(Cl)c1Cl. The van der Waals surface area contributed by atoms with Crippen LogP contribution in [-0.4, -0.2) is 24.5 Å². The summed E-state index contributed by atoms with van der Waals surface area (Å²) in [7, 11) is 0. The van der Waals surface area contributed by atoms with Crippen molar-refractivity contribution in [3.05, 3.63) is 33.8 Å². The van der Waals surface area contributed by atoms with E-state index in [-0.39, 0.29) is 34.2 Å². The van der Waals surface area contributed by atoms with Crippen molar-refractivity contribution in [3.8, 4) is 0 Å². The molecule has 1 saturated carbocycles. The quantitative estimate of drug-likeness (QED) is 0.845. The topological polar surface area (TPSA) is 55.4 Å². The first kappa shape index (κ1) is 17.1. The van der Waals surface area contributed by atoms with Gasteiger partial charge in [0.2, 0.25) is 0 Å². The molecule has 22 heavy (non-hydrogen) atoms. The number of esters is 1. The fourth-order valence-electron chi connectivity index (χ4n) is 2.65. The van der Waals surface area contributed by atoms with E-state index in [1.807, 2.05) is 0 Å². The molecule has 2 unspecified atom stereocenters. The Morgan fingerprint density at radius 2 is 2.00 bits per heavy atom. The van der Waals surface area contributed by atoms with Crippen LogP contribution in [0, 0.1) is 5.92 Å². The smallest absolute Gasteiger partial charge is 0.340 e. The summed E-state index contributed by atoms with van der Waals surface area (Å²) in [5.74, 6) is -0.486. The number of rotatable bonds is 4. The minimum atomic E-state index is -0.653. The Balaban J connectivity index is 1.85. The lowest BCUT2D eigenvalue weighted by Crippen LogP contribution is -2.42. The van der Waals surface area contributed by atoms with Crippen LogP contribution >= 0.6 is 23.2 Å². The second kappa shape index (κ2) is 7.84. The Labute approximate surface area is 140 Å². The lowest BCUT2D eigenvalue weighted by Gasteiger charge is -2.29. The zero-order valence-corrected chi connectivity index (χ0v) is 13.9. The van der Waals surface area contributed by atoms with Crippen molar-refractivity contribution < 1.29 is 14.3 Å². The van der Waals surface area contributed by atoms with E-state index in [1.165, 1.54) is 12.5 Å². The Bertz CT molecular complexity index is 562. The van der Waals surface area contributed by atoms with Crippen molar-refractivity contribution in [3.63, 3.8) is 0 Å². The summed E-state index contributed by atoms with van der Waals surface area (Å²) in [5, 5.41) is 3.34. The van der Waals surface area contributed by atoms with E-state index in [0.29, 0.717) is 5.92 Å². The molecule has 120 valence electrons. The number of nitrogens with one attached hydrogen (secondary N) is 1. The predicted octanol–water partition coefficient (Wildman–Crippen LogP) is 3.85. The average molecular weight is 344 g/mol. The maximum atomic E-state index is 11.9. The van der Waals surface area contributed by atoms with Gasteiger partial charge in [-0.2, -0.15) is 0 Å². The maximum Gasteiger partial charge on any atom is 0.340 e. The van der Waals surface area contributed by atoms with E-state index in [4.69, 9.17) is 27.9 Å². The lowest BCUT2D eigenvalue weighted by atomic mass is 9.86. The number of carbonyl (C=O) groups is 2. The van der Waals surface area contributed by atoms with Gasteiger partial charge in [0.05, 0.1) is 15.6 Å². The van der Waals surface area contributed by atoms with Gasteiger partial charge in [-0.3, -0.25) is 4.79 Å². The van der Waals surface area contributed by atoms with E-state index in [1.54, 1.807) is 12.1 Å². The van der Waals surface area contributed by atoms with Gasteiger partial charge in [0.15, 0.2) is 6.61 Å². The molecule has 0 aromatic heterocycles. The summed E-state index contributed by atoms with van der Waals surface area (Å²) >= 11 is 11.8. The first-order chi connectivity index (χ1) is 10.5. The minimum Gasteiger partial charge on any atom is -0.452 e. The molecule has 1 fully saturated rings. The molecule has 0 saturated heterocycles. The van der Waals surface area contributed by atoms with Crippen LogP contribution in [-0.2, 0) is 9.53 Å². The van der Waals surface area contributed by atoms with Gasteiger partial charge >= 0.3 is 5.97 Å². The van der Waals surface area contributed by atoms with E-state index >= 15 is 0 Å². The molecule has 1 aliphatic rings. The molecule has 1 aliphatic carbocycles. The summed E-state index contributed by atoms with van der Waals surface area (Å²) < 4.78 is 5.01. The van der Waals surface area contributed by atoms with Gasteiger partial charge in [-0.1, -0.05) is 49.0 Å². The molecule has 0 aliphatic heterocycles. The monoisotopic (exact) mass is 343 g/mol. The van der Waals surface area contributed by atoms with Gasteiger partial charge in [0, 0.05) is 6.04 Å². The van der Waals surface area contributed by atoms with Gasteiger partial charge in [-0.05, 0) is 30.9 Å². The maximum absolute atomic E-state index is 11.9. The largest absolute Gasteiger partial charge is 0.452 e. The fraction of sp³-hybridized carbons (Fsp3) is 0.500. The summed E-state index contributed by atoms with van der Waals surface area (Å²) in [6, 6.07) is 4.86. The second-order valence-corrected chi connectivity index (χ2v) is 6.40. The average Bonchev–Trinajstić information content (AvgIpc) is 2.50. The molecule has 1 N–H and O–H groups in total. The standard InChI is InChI=1S/C16H19Cl2NO3/c1-10-5-2-3-8-13(10)19-14(20)9-22-16(21)11-6-4-7-12(17)15(11)18/h4,6-7,10,13H,2-3,5,8-9H2,1H3,(H,19,20).